The quantitative estimate of drug-likeness (QED) is 0.321. The van der Waals surface area contributed by atoms with Crippen molar-refractivity contribution in [1.82, 2.24) is 0 Å². The SMILES string of the molecule is Cc1ccc(NC(=O)/C(C#N)=C/c2ccc(OCc3ccccc3)c(Br)c2)cc1Cl. The highest BCUT2D eigenvalue weighted by molar-refractivity contribution is 9.10. The van der Waals surface area contributed by atoms with Crippen LogP contribution in [0.2, 0.25) is 5.02 Å². The first-order valence-corrected chi connectivity index (χ1v) is 10.3. The van der Waals surface area contributed by atoms with Crippen LogP contribution < -0.4 is 10.1 Å². The summed E-state index contributed by atoms with van der Waals surface area (Å²) < 4.78 is 6.56. The standard InChI is InChI=1S/C24H18BrClN2O2/c1-16-7-9-20(13-22(16)26)28-24(29)19(14-27)11-18-8-10-23(21(25)12-18)30-15-17-5-3-2-4-6-17/h2-13H,15H2,1H3,(H,28,29)/b19-11+. The summed E-state index contributed by atoms with van der Waals surface area (Å²) in [4.78, 5) is 12.5. The third kappa shape index (κ3) is 5.73. The lowest BCUT2D eigenvalue weighted by Gasteiger charge is -2.09. The number of nitrogens with one attached hydrogen (secondary N) is 1. The number of anilines is 1. The zero-order valence-electron chi connectivity index (χ0n) is 16.2. The molecule has 0 aliphatic carbocycles. The third-order valence-electron chi connectivity index (χ3n) is 4.30. The van der Waals surface area contributed by atoms with Crippen LogP contribution in [0.15, 0.2) is 76.8 Å². The maximum atomic E-state index is 12.5. The number of hydrogen-bond acceptors (Lipinski definition) is 3. The molecule has 4 nitrogen and oxygen atoms in total. The fourth-order valence-electron chi connectivity index (χ4n) is 2.64. The van der Waals surface area contributed by atoms with Crippen molar-refractivity contribution in [2.75, 3.05) is 5.32 Å². The number of amides is 1. The van der Waals surface area contributed by atoms with E-state index in [1.807, 2.05) is 43.3 Å². The van der Waals surface area contributed by atoms with Crippen LogP contribution in [0.3, 0.4) is 0 Å². The number of halogens is 2. The number of carbonyl (C=O) groups is 1. The summed E-state index contributed by atoms with van der Waals surface area (Å²) in [5.41, 5.74) is 3.18. The minimum Gasteiger partial charge on any atom is -0.488 e. The summed E-state index contributed by atoms with van der Waals surface area (Å²) in [6.07, 6.45) is 1.52. The van der Waals surface area contributed by atoms with E-state index >= 15 is 0 Å². The highest BCUT2D eigenvalue weighted by atomic mass is 79.9. The molecule has 0 radical (unpaired) electrons. The van der Waals surface area contributed by atoms with E-state index in [0.29, 0.717) is 28.6 Å². The third-order valence-corrected chi connectivity index (χ3v) is 5.33. The van der Waals surface area contributed by atoms with E-state index in [4.69, 9.17) is 16.3 Å². The van der Waals surface area contributed by atoms with Gasteiger partial charge in [-0.1, -0.05) is 54.1 Å². The van der Waals surface area contributed by atoms with E-state index < -0.39 is 5.91 Å². The van der Waals surface area contributed by atoms with Crippen molar-refractivity contribution < 1.29 is 9.53 Å². The maximum absolute atomic E-state index is 12.5. The molecule has 6 heteroatoms. The summed E-state index contributed by atoms with van der Waals surface area (Å²) in [6, 6.07) is 22.4. The van der Waals surface area contributed by atoms with Gasteiger partial charge in [0.2, 0.25) is 0 Å². The molecule has 0 saturated heterocycles. The predicted octanol–water partition coefficient (Wildman–Crippen LogP) is 6.54. The van der Waals surface area contributed by atoms with Gasteiger partial charge in [0.1, 0.15) is 24.0 Å². The van der Waals surface area contributed by atoms with Gasteiger partial charge in [-0.2, -0.15) is 5.26 Å². The molecule has 1 amide bonds. The number of benzene rings is 3. The molecule has 0 atom stereocenters. The largest absolute Gasteiger partial charge is 0.488 e. The first kappa shape index (κ1) is 21.6. The molecule has 0 heterocycles. The van der Waals surface area contributed by atoms with Crippen molar-refractivity contribution in [1.29, 1.82) is 5.26 Å². The minimum absolute atomic E-state index is 0.0171. The molecule has 0 unspecified atom stereocenters. The topological polar surface area (TPSA) is 62.1 Å². The molecule has 0 saturated carbocycles. The molecular formula is C24H18BrClN2O2. The van der Waals surface area contributed by atoms with Crippen LogP contribution >= 0.6 is 27.5 Å². The van der Waals surface area contributed by atoms with Gasteiger partial charge in [-0.05, 0) is 69.9 Å². The monoisotopic (exact) mass is 480 g/mol. The summed E-state index contributed by atoms with van der Waals surface area (Å²) >= 11 is 9.58. The van der Waals surface area contributed by atoms with E-state index in [9.17, 15) is 10.1 Å². The highest BCUT2D eigenvalue weighted by Crippen LogP contribution is 2.28. The predicted molar refractivity (Wildman–Crippen MR) is 123 cm³/mol. The van der Waals surface area contributed by atoms with Crippen molar-refractivity contribution in [2.24, 2.45) is 0 Å². The van der Waals surface area contributed by atoms with Gasteiger partial charge in [0.15, 0.2) is 0 Å². The van der Waals surface area contributed by atoms with Crippen molar-refractivity contribution in [3.63, 3.8) is 0 Å². The molecule has 0 aliphatic heterocycles. The molecule has 150 valence electrons. The lowest BCUT2D eigenvalue weighted by Crippen LogP contribution is -2.13. The van der Waals surface area contributed by atoms with E-state index in [-0.39, 0.29) is 5.57 Å². The molecule has 0 aromatic heterocycles. The van der Waals surface area contributed by atoms with Crippen molar-refractivity contribution in [3.05, 3.63) is 98.5 Å². The number of rotatable bonds is 6. The van der Waals surface area contributed by atoms with Gasteiger partial charge >= 0.3 is 0 Å². The first-order chi connectivity index (χ1) is 14.5. The van der Waals surface area contributed by atoms with Crippen LogP contribution in [0.4, 0.5) is 5.69 Å². The van der Waals surface area contributed by atoms with Crippen LogP contribution in [0.1, 0.15) is 16.7 Å². The summed E-state index contributed by atoms with van der Waals surface area (Å²) in [5, 5.41) is 12.7. The zero-order valence-corrected chi connectivity index (χ0v) is 18.5. The second-order valence-corrected chi connectivity index (χ2v) is 7.81. The number of nitriles is 1. The molecular weight excluding hydrogens is 464 g/mol. The fraction of sp³-hybridized carbons (Fsp3) is 0.0833. The van der Waals surface area contributed by atoms with Gasteiger partial charge in [-0.25, -0.2) is 0 Å². The van der Waals surface area contributed by atoms with Gasteiger partial charge in [0.25, 0.3) is 5.91 Å². The van der Waals surface area contributed by atoms with E-state index in [1.165, 1.54) is 6.08 Å². The van der Waals surface area contributed by atoms with Crippen molar-refractivity contribution >= 4 is 45.2 Å². The Bertz CT molecular complexity index is 1140. The summed E-state index contributed by atoms with van der Waals surface area (Å²) in [6.45, 7) is 2.32. The van der Waals surface area contributed by atoms with Crippen molar-refractivity contribution in [3.8, 4) is 11.8 Å². The Morgan fingerprint density at radius 3 is 2.60 bits per heavy atom. The molecule has 1 N–H and O–H groups in total. The summed E-state index contributed by atoms with van der Waals surface area (Å²) in [5.74, 6) is 0.172. The average molecular weight is 482 g/mol. The smallest absolute Gasteiger partial charge is 0.266 e. The molecule has 0 bridgehead atoms. The maximum Gasteiger partial charge on any atom is 0.266 e. The van der Waals surface area contributed by atoms with Gasteiger partial charge in [-0.15, -0.1) is 0 Å². The number of ether oxygens (including phenoxy) is 1. The van der Waals surface area contributed by atoms with Crippen LogP contribution in [0.5, 0.6) is 5.75 Å². The molecule has 3 rings (SSSR count). The van der Waals surface area contributed by atoms with Gasteiger partial charge in [-0.3, -0.25) is 4.79 Å². The normalized spacial score (nSPS) is 10.9. The summed E-state index contributed by atoms with van der Waals surface area (Å²) in [7, 11) is 0. The Morgan fingerprint density at radius 1 is 1.17 bits per heavy atom. The zero-order chi connectivity index (χ0) is 21.5. The Labute approximate surface area is 188 Å². The molecule has 3 aromatic carbocycles. The number of nitrogens with zero attached hydrogens (tertiary/aromatic N) is 1. The van der Waals surface area contributed by atoms with Gasteiger partial charge in [0.05, 0.1) is 4.47 Å². The lowest BCUT2D eigenvalue weighted by atomic mass is 10.1. The molecule has 0 spiro atoms. The van der Waals surface area contributed by atoms with E-state index in [1.54, 1.807) is 36.4 Å². The number of aryl methyl sites for hydroxylation is 1. The Morgan fingerprint density at radius 2 is 1.93 bits per heavy atom. The van der Waals surface area contributed by atoms with E-state index in [2.05, 4.69) is 21.2 Å². The Balaban J connectivity index is 1.71. The molecule has 0 aliphatic rings. The molecule has 30 heavy (non-hydrogen) atoms. The first-order valence-electron chi connectivity index (χ1n) is 9.12. The number of hydrogen-bond donors (Lipinski definition) is 1. The van der Waals surface area contributed by atoms with Crippen LogP contribution in [-0.2, 0) is 11.4 Å². The molecule has 3 aromatic rings. The van der Waals surface area contributed by atoms with Gasteiger partial charge in [0, 0.05) is 10.7 Å². The Hall–Kier alpha value is -3.07. The van der Waals surface area contributed by atoms with Gasteiger partial charge < -0.3 is 10.1 Å². The van der Waals surface area contributed by atoms with Crippen LogP contribution in [0.25, 0.3) is 6.08 Å². The second-order valence-electron chi connectivity index (χ2n) is 6.55. The highest BCUT2D eigenvalue weighted by Gasteiger charge is 2.11. The molecule has 0 fully saturated rings. The minimum atomic E-state index is -0.502. The van der Waals surface area contributed by atoms with Crippen molar-refractivity contribution in [2.45, 2.75) is 13.5 Å². The Kier molecular flexibility index (Phi) is 7.29. The number of carbonyl (C=O) groups excluding carboxylic acids is 1. The average Bonchev–Trinajstić information content (AvgIpc) is 2.74. The van der Waals surface area contributed by atoms with Crippen LogP contribution in [-0.4, -0.2) is 5.91 Å². The van der Waals surface area contributed by atoms with E-state index in [0.717, 1.165) is 15.6 Å². The van der Waals surface area contributed by atoms with Crippen LogP contribution in [0, 0.1) is 18.3 Å². The fourth-order valence-corrected chi connectivity index (χ4v) is 3.34. The second kappa shape index (κ2) is 10.1. The lowest BCUT2D eigenvalue weighted by molar-refractivity contribution is -0.112.